The van der Waals surface area contributed by atoms with Gasteiger partial charge in [0.2, 0.25) is 0 Å². The van der Waals surface area contributed by atoms with Crippen molar-refractivity contribution in [1.82, 2.24) is 4.98 Å². The minimum Gasteiger partial charge on any atom is -0.486 e. The lowest BCUT2D eigenvalue weighted by Gasteiger charge is -2.19. The number of esters is 1. The second-order valence-electron chi connectivity index (χ2n) is 5.93. The lowest BCUT2D eigenvalue weighted by molar-refractivity contribution is -0.123. The molecule has 7 nitrogen and oxygen atoms in total. The molecule has 0 fully saturated rings. The topological polar surface area (TPSA) is 86.8 Å². The number of carbonyl (C=O) groups excluding carboxylic acids is 2. The molecule has 1 N–H and O–H groups in total. The summed E-state index contributed by atoms with van der Waals surface area (Å²) < 4.78 is 17.1. The van der Waals surface area contributed by atoms with E-state index in [0.29, 0.717) is 36.0 Å². The monoisotopic (exact) mass is 384 g/mol. The Hall–Kier alpha value is -3.13. The maximum absolute atomic E-state index is 12.4. The van der Waals surface area contributed by atoms with Gasteiger partial charge in [-0.2, -0.15) is 0 Å². The number of amides is 1. The predicted molar refractivity (Wildman–Crippen MR) is 101 cm³/mol. The molecule has 0 saturated heterocycles. The first kappa shape index (κ1) is 17.3. The van der Waals surface area contributed by atoms with E-state index in [0.717, 1.165) is 10.2 Å². The molecule has 1 amide bonds. The Kier molecular flexibility index (Phi) is 4.64. The van der Waals surface area contributed by atoms with Crippen molar-refractivity contribution in [2.75, 3.05) is 18.5 Å². The van der Waals surface area contributed by atoms with Crippen LogP contribution in [0.25, 0.3) is 10.2 Å². The quantitative estimate of drug-likeness (QED) is 0.695. The van der Waals surface area contributed by atoms with Crippen LogP contribution < -0.4 is 14.8 Å². The molecular weight excluding hydrogens is 368 g/mol. The van der Waals surface area contributed by atoms with E-state index >= 15 is 0 Å². The Labute approximate surface area is 158 Å². The summed E-state index contributed by atoms with van der Waals surface area (Å²) in [7, 11) is 0. The van der Waals surface area contributed by atoms with Gasteiger partial charge in [0.15, 0.2) is 17.6 Å². The standard InChI is InChI=1S/C19H16N2O5S/c1-11(26-19(23)12-2-4-14-17(8-12)27-10-20-14)18(22)21-13-3-5-15-16(9-13)25-7-6-24-15/h2-5,8-11H,6-7H2,1H3,(H,21,22). The van der Waals surface area contributed by atoms with Gasteiger partial charge in [0.25, 0.3) is 5.91 Å². The van der Waals surface area contributed by atoms with Crippen LogP contribution in [0.1, 0.15) is 17.3 Å². The largest absolute Gasteiger partial charge is 0.486 e. The molecule has 8 heteroatoms. The maximum Gasteiger partial charge on any atom is 0.338 e. The second kappa shape index (κ2) is 7.24. The molecule has 1 aliphatic heterocycles. The minimum atomic E-state index is -0.956. The highest BCUT2D eigenvalue weighted by molar-refractivity contribution is 7.16. The zero-order valence-corrected chi connectivity index (χ0v) is 15.2. The molecule has 3 aromatic rings. The maximum atomic E-state index is 12.4. The number of nitrogens with one attached hydrogen (secondary N) is 1. The zero-order valence-electron chi connectivity index (χ0n) is 14.4. The fourth-order valence-corrected chi connectivity index (χ4v) is 3.35. The summed E-state index contributed by atoms with van der Waals surface area (Å²) >= 11 is 1.44. The molecule has 2 aromatic carbocycles. The zero-order chi connectivity index (χ0) is 18.8. The SMILES string of the molecule is CC(OC(=O)c1ccc2ncsc2c1)C(=O)Nc1ccc2c(c1)OCCO2. The third-order valence-corrected chi connectivity index (χ3v) is 4.82. The highest BCUT2D eigenvalue weighted by atomic mass is 32.1. The van der Waals surface area contributed by atoms with Crippen molar-refractivity contribution in [3.8, 4) is 11.5 Å². The van der Waals surface area contributed by atoms with Crippen molar-refractivity contribution in [3.05, 3.63) is 47.5 Å². The van der Waals surface area contributed by atoms with Crippen molar-refractivity contribution in [3.63, 3.8) is 0 Å². The van der Waals surface area contributed by atoms with Gasteiger partial charge in [-0.25, -0.2) is 9.78 Å². The first-order valence-electron chi connectivity index (χ1n) is 8.35. The van der Waals surface area contributed by atoms with Crippen LogP contribution >= 0.6 is 11.3 Å². The van der Waals surface area contributed by atoms with Crippen molar-refractivity contribution in [2.24, 2.45) is 0 Å². The summed E-state index contributed by atoms with van der Waals surface area (Å²) in [5, 5.41) is 2.71. The molecule has 138 valence electrons. The van der Waals surface area contributed by atoms with E-state index in [9.17, 15) is 9.59 Å². The van der Waals surface area contributed by atoms with Crippen LogP contribution in [0.2, 0.25) is 0 Å². The van der Waals surface area contributed by atoms with E-state index in [1.165, 1.54) is 18.3 Å². The molecule has 0 radical (unpaired) electrons. The number of nitrogens with zero attached hydrogens (tertiary/aromatic N) is 1. The van der Waals surface area contributed by atoms with Crippen molar-refractivity contribution in [2.45, 2.75) is 13.0 Å². The van der Waals surface area contributed by atoms with Crippen LogP contribution in [-0.4, -0.2) is 36.2 Å². The summed E-state index contributed by atoms with van der Waals surface area (Å²) in [5.41, 5.74) is 3.45. The Morgan fingerprint density at radius 2 is 1.96 bits per heavy atom. The van der Waals surface area contributed by atoms with Crippen LogP contribution in [0.3, 0.4) is 0 Å². The molecule has 0 saturated carbocycles. The third kappa shape index (κ3) is 3.70. The van der Waals surface area contributed by atoms with E-state index in [2.05, 4.69) is 10.3 Å². The predicted octanol–water partition coefficient (Wildman–Crippen LogP) is 3.25. The lowest BCUT2D eigenvalue weighted by atomic mass is 10.2. The molecule has 1 aromatic heterocycles. The number of benzene rings is 2. The minimum absolute atomic E-state index is 0.380. The Morgan fingerprint density at radius 3 is 2.81 bits per heavy atom. The Morgan fingerprint density at radius 1 is 1.15 bits per heavy atom. The summed E-state index contributed by atoms with van der Waals surface area (Å²) in [4.78, 5) is 28.8. The first-order chi connectivity index (χ1) is 13.1. The Balaban J connectivity index is 1.40. The molecule has 0 bridgehead atoms. The number of thiazole rings is 1. The first-order valence-corrected chi connectivity index (χ1v) is 9.23. The molecule has 4 rings (SSSR count). The van der Waals surface area contributed by atoms with Gasteiger partial charge in [-0.3, -0.25) is 4.79 Å². The molecule has 0 aliphatic carbocycles. The number of carbonyl (C=O) groups is 2. The number of rotatable bonds is 4. The van der Waals surface area contributed by atoms with E-state index in [1.54, 1.807) is 41.9 Å². The van der Waals surface area contributed by atoms with Gasteiger partial charge in [0, 0.05) is 11.8 Å². The van der Waals surface area contributed by atoms with E-state index < -0.39 is 18.0 Å². The van der Waals surface area contributed by atoms with Gasteiger partial charge in [-0.1, -0.05) is 0 Å². The number of hydrogen-bond acceptors (Lipinski definition) is 7. The van der Waals surface area contributed by atoms with E-state index in [-0.39, 0.29) is 0 Å². The van der Waals surface area contributed by atoms with Crippen LogP contribution in [-0.2, 0) is 9.53 Å². The van der Waals surface area contributed by atoms with Crippen LogP contribution in [0.15, 0.2) is 41.9 Å². The summed E-state index contributed by atoms with van der Waals surface area (Å²) in [6, 6.07) is 10.2. The van der Waals surface area contributed by atoms with Crippen molar-refractivity contribution < 1.29 is 23.8 Å². The van der Waals surface area contributed by atoms with Crippen molar-refractivity contribution in [1.29, 1.82) is 0 Å². The summed E-state index contributed by atoms with van der Waals surface area (Å²) in [6.07, 6.45) is -0.956. The second-order valence-corrected chi connectivity index (χ2v) is 6.82. The summed E-state index contributed by atoms with van der Waals surface area (Å²) in [5.74, 6) is 0.216. The molecule has 2 heterocycles. The fourth-order valence-electron chi connectivity index (χ4n) is 2.63. The number of anilines is 1. The third-order valence-electron chi connectivity index (χ3n) is 4.03. The van der Waals surface area contributed by atoms with Gasteiger partial charge in [-0.15, -0.1) is 11.3 Å². The van der Waals surface area contributed by atoms with E-state index in [1.807, 2.05) is 0 Å². The van der Waals surface area contributed by atoms with Crippen molar-refractivity contribution >= 4 is 39.1 Å². The highest BCUT2D eigenvalue weighted by Gasteiger charge is 2.20. The number of ether oxygens (including phenoxy) is 3. The number of aromatic nitrogens is 1. The number of hydrogen-bond donors (Lipinski definition) is 1. The average molecular weight is 384 g/mol. The van der Waals surface area contributed by atoms with Crippen LogP contribution in [0.4, 0.5) is 5.69 Å². The van der Waals surface area contributed by atoms with Gasteiger partial charge in [0.05, 0.1) is 21.3 Å². The van der Waals surface area contributed by atoms with E-state index in [4.69, 9.17) is 14.2 Å². The molecule has 27 heavy (non-hydrogen) atoms. The average Bonchev–Trinajstić information content (AvgIpc) is 3.15. The van der Waals surface area contributed by atoms with Gasteiger partial charge in [-0.05, 0) is 37.3 Å². The Bertz CT molecular complexity index is 1020. The van der Waals surface area contributed by atoms with Gasteiger partial charge in [0.1, 0.15) is 13.2 Å². The van der Waals surface area contributed by atoms with Gasteiger partial charge < -0.3 is 19.5 Å². The lowest BCUT2D eigenvalue weighted by Crippen LogP contribution is -2.30. The van der Waals surface area contributed by atoms with Gasteiger partial charge >= 0.3 is 5.97 Å². The normalized spacial score (nSPS) is 13.8. The van der Waals surface area contributed by atoms with Crippen LogP contribution in [0, 0.1) is 0 Å². The molecule has 0 spiro atoms. The highest BCUT2D eigenvalue weighted by Crippen LogP contribution is 2.32. The molecule has 1 atom stereocenters. The summed E-state index contributed by atoms with van der Waals surface area (Å²) in [6.45, 7) is 2.48. The molecule has 1 aliphatic rings. The smallest absolute Gasteiger partial charge is 0.338 e. The molecule has 1 unspecified atom stereocenters. The number of fused-ring (bicyclic) bond motifs is 2. The van der Waals surface area contributed by atoms with Crippen LogP contribution in [0.5, 0.6) is 11.5 Å². The fraction of sp³-hybridized carbons (Fsp3) is 0.211. The molecular formula is C19H16N2O5S.